The van der Waals surface area contributed by atoms with E-state index >= 15 is 0 Å². The van der Waals surface area contributed by atoms with Crippen LogP contribution in [-0.2, 0) is 0 Å². The van der Waals surface area contributed by atoms with E-state index in [0.29, 0.717) is 5.56 Å². The van der Waals surface area contributed by atoms with E-state index in [4.69, 9.17) is 17.3 Å². The van der Waals surface area contributed by atoms with Crippen LogP contribution in [0.25, 0.3) is 11.3 Å². The van der Waals surface area contributed by atoms with Crippen LogP contribution in [0.3, 0.4) is 0 Å². The first-order chi connectivity index (χ1) is 8.09. The van der Waals surface area contributed by atoms with E-state index < -0.39 is 11.7 Å². The molecule has 2 N–H and O–H groups in total. The van der Waals surface area contributed by atoms with Crippen molar-refractivity contribution in [2.45, 2.75) is 0 Å². The molecule has 0 aliphatic carbocycles. The summed E-state index contributed by atoms with van der Waals surface area (Å²) in [5.41, 5.74) is 5.64. The number of hydrogen-bond donors (Lipinski definition) is 1. The van der Waals surface area contributed by atoms with Gasteiger partial charge in [-0.2, -0.15) is 0 Å². The van der Waals surface area contributed by atoms with Gasteiger partial charge in [0.15, 0.2) is 5.82 Å². The molecule has 1 aromatic heterocycles. The number of benzene rings is 1. The average molecular weight is 252 g/mol. The van der Waals surface area contributed by atoms with E-state index in [1.54, 1.807) is 18.2 Å². The lowest BCUT2D eigenvalue weighted by Crippen LogP contribution is -2.12. The molecule has 0 aliphatic heterocycles. The first-order valence-electron chi connectivity index (χ1n) is 4.67. The molecule has 0 atom stereocenters. The van der Waals surface area contributed by atoms with Gasteiger partial charge in [0.2, 0.25) is 11.2 Å². The number of halogens is 2. The third-order valence-corrected chi connectivity index (χ3v) is 2.34. The first-order valence-corrected chi connectivity index (χ1v) is 5.04. The van der Waals surface area contributed by atoms with Gasteiger partial charge in [-0.25, -0.2) is 14.4 Å². The van der Waals surface area contributed by atoms with Crippen molar-refractivity contribution in [3.63, 3.8) is 0 Å². The van der Waals surface area contributed by atoms with Gasteiger partial charge in [-0.05, 0) is 17.7 Å². The second kappa shape index (κ2) is 4.47. The smallest absolute Gasteiger partial charge is 0.249 e. The molecular weight excluding hydrogens is 245 g/mol. The molecule has 4 nitrogen and oxygen atoms in total. The summed E-state index contributed by atoms with van der Waals surface area (Å²) in [6, 6.07) is 6.32. The van der Waals surface area contributed by atoms with E-state index in [1.807, 2.05) is 0 Å². The minimum atomic E-state index is -0.664. The number of nitrogens with zero attached hydrogens (tertiary/aromatic N) is 2. The maximum atomic E-state index is 13.6. The summed E-state index contributed by atoms with van der Waals surface area (Å²) in [6.45, 7) is 0. The molecule has 0 unspecified atom stereocenters. The van der Waals surface area contributed by atoms with Crippen molar-refractivity contribution in [2.24, 2.45) is 5.73 Å². The van der Waals surface area contributed by atoms with Crippen LogP contribution < -0.4 is 5.73 Å². The SMILES string of the molecule is NC(=O)c1ccccc1-c1nc(Cl)ncc1F. The monoisotopic (exact) mass is 251 g/mol. The Morgan fingerprint density at radius 1 is 1.35 bits per heavy atom. The molecule has 0 saturated carbocycles. The van der Waals surface area contributed by atoms with E-state index in [1.165, 1.54) is 6.07 Å². The highest BCUT2D eigenvalue weighted by molar-refractivity contribution is 6.28. The van der Waals surface area contributed by atoms with Gasteiger partial charge in [0.1, 0.15) is 5.69 Å². The predicted octanol–water partition coefficient (Wildman–Crippen LogP) is 2.04. The molecule has 6 heteroatoms. The Morgan fingerprint density at radius 3 is 2.76 bits per heavy atom. The molecule has 0 fully saturated rings. The van der Waals surface area contributed by atoms with Gasteiger partial charge in [-0.1, -0.05) is 18.2 Å². The maximum Gasteiger partial charge on any atom is 0.249 e. The summed E-state index contributed by atoms with van der Waals surface area (Å²) < 4.78 is 13.6. The molecule has 1 amide bonds. The minimum Gasteiger partial charge on any atom is -0.366 e. The predicted molar refractivity (Wildman–Crippen MR) is 61.0 cm³/mol. The van der Waals surface area contributed by atoms with Gasteiger partial charge in [0.05, 0.1) is 6.20 Å². The fraction of sp³-hybridized carbons (Fsp3) is 0. The van der Waals surface area contributed by atoms with E-state index in [0.717, 1.165) is 6.20 Å². The molecule has 0 bridgehead atoms. The van der Waals surface area contributed by atoms with Crippen molar-refractivity contribution in [1.82, 2.24) is 9.97 Å². The summed E-state index contributed by atoms with van der Waals surface area (Å²) in [5.74, 6) is -1.32. The maximum absolute atomic E-state index is 13.6. The Balaban J connectivity index is 2.68. The summed E-state index contributed by atoms with van der Waals surface area (Å²) >= 11 is 5.59. The highest BCUT2D eigenvalue weighted by atomic mass is 35.5. The molecule has 86 valence electrons. The van der Waals surface area contributed by atoms with Crippen LogP contribution in [0.2, 0.25) is 5.28 Å². The first kappa shape index (κ1) is 11.5. The lowest BCUT2D eigenvalue weighted by molar-refractivity contribution is 0.100. The minimum absolute atomic E-state index is 0.0422. The van der Waals surface area contributed by atoms with Gasteiger partial charge in [0, 0.05) is 11.1 Å². The lowest BCUT2D eigenvalue weighted by atomic mass is 10.0. The number of hydrogen-bond acceptors (Lipinski definition) is 3. The fourth-order valence-electron chi connectivity index (χ4n) is 1.44. The molecule has 0 spiro atoms. The highest BCUT2D eigenvalue weighted by Crippen LogP contribution is 2.24. The number of rotatable bonds is 2. The molecule has 0 radical (unpaired) electrons. The zero-order chi connectivity index (χ0) is 12.4. The largest absolute Gasteiger partial charge is 0.366 e. The third-order valence-electron chi connectivity index (χ3n) is 2.16. The zero-order valence-corrected chi connectivity index (χ0v) is 9.28. The van der Waals surface area contributed by atoms with Crippen LogP contribution in [-0.4, -0.2) is 15.9 Å². The van der Waals surface area contributed by atoms with E-state index in [2.05, 4.69) is 9.97 Å². The Bertz CT molecular complexity index is 589. The molecule has 2 rings (SSSR count). The second-order valence-electron chi connectivity index (χ2n) is 3.25. The average Bonchev–Trinajstić information content (AvgIpc) is 2.32. The van der Waals surface area contributed by atoms with Crippen molar-refractivity contribution >= 4 is 17.5 Å². The van der Waals surface area contributed by atoms with Crippen LogP contribution in [0.4, 0.5) is 4.39 Å². The number of nitrogens with two attached hydrogens (primary N) is 1. The van der Waals surface area contributed by atoms with E-state index in [-0.39, 0.29) is 16.5 Å². The van der Waals surface area contributed by atoms with Crippen LogP contribution in [0.15, 0.2) is 30.5 Å². The summed E-state index contributed by atoms with van der Waals surface area (Å²) in [7, 11) is 0. The van der Waals surface area contributed by atoms with Crippen molar-refractivity contribution in [1.29, 1.82) is 0 Å². The van der Waals surface area contributed by atoms with Gasteiger partial charge < -0.3 is 5.73 Å². The Hall–Kier alpha value is -2.01. The number of aromatic nitrogens is 2. The van der Waals surface area contributed by atoms with Crippen molar-refractivity contribution in [3.8, 4) is 11.3 Å². The number of carbonyl (C=O) groups is 1. The molecule has 17 heavy (non-hydrogen) atoms. The quantitative estimate of drug-likeness (QED) is 0.831. The lowest BCUT2D eigenvalue weighted by Gasteiger charge is -2.06. The topological polar surface area (TPSA) is 68.9 Å². The molecule has 0 aliphatic rings. The van der Waals surface area contributed by atoms with Crippen molar-refractivity contribution < 1.29 is 9.18 Å². The van der Waals surface area contributed by atoms with Crippen LogP contribution in [0.5, 0.6) is 0 Å². The Kier molecular flexibility index (Phi) is 3.01. The molecule has 1 heterocycles. The Labute approximate surface area is 101 Å². The van der Waals surface area contributed by atoms with Crippen LogP contribution in [0.1, 0.15) is 10.4 Å². The Morgan fingerprint density at radius 2 is 2.06 bits per heavy atom. The number of primary amides is 1. The van der Waals surface area contributed by atoms with Gasteiger partial charge >= 0.3 is 0 Å². The van der Waals surface area contributed by atoms with Crippen LogP contribution >= 0.6 is 11.6 Å². The second-order valence-corrected chi connectivity index (χ2v) is 3.58. The summed E-state index contributed by atoms with van der Waals surface area (Å²) in [6.07, 6.45) is 0.947. The number of carbonyl (C=O) groups excluding carboxylic acids is 1. The zero-order valence-electron chi connectivity index (χ0n) is 8.52. The van der Waals surface area contributed by atoms with Gasteiger partial charge in [-0.3, -0.25) is 4.79 Å². The van der Waals surface area contributed by atoms with Crippen molar-refractivity contribution in [3.05, 3.63) is 47.1 Å². The molecule has 1 aromatic carbocycles. The number of amides is 1. The van der Waals surface area contributed by atoms with E-state index in [9.17, 15) is 9.18 Å². The standard InChI is InChI=1S/C11H7ClFN3O/c12-11-15-5-8(13)9(16-11)6-3-1-2-4-7(6)10(14)17/h1-5H,(H2,14,17). The van der Waals surface area contributed by atoms with Gasteiger partial charge in [-0.15, -0.1) is 0 Å². The highest BCUT2D eigenvalue weighted by Gasteiger charge is 2.15. The molecule has 0 saturated heterocycles. The van der Waals surface area contributed by atoms with Crippen LogP contribution in [0, 0.1) is 5.82 Å². The molecule has 2 aromatic rings. The van der Waals surface area contributed by atoms with Crippen molar-refractivity contribution in [2.75, 3.05) is 0 Å². The normalized spacial score (nSPS) is 10.2. The fourth-order valence-corrected chi connectivity index (χ4v) is 1.57. The summed E-state index contributed by atoms with van der Waals surface area (Å²) in [5, 5.41) is -0.0966. The summed E-state index contributed by atoms with van der Waals surface area (Å²) in [4.78, 5) is 18.5. The van der Waals surface area contributed by atoms with Gasteiger partial charge in [0.25, 0.3) is 0 Å². The molecular formula is C11H7ClFN3O. The third kappa shape index (κ3) is 2.24.